The summed E-state index contributed by atoms with van der Waals surface area (Å²) in [5.41, 5.74) is 4.15. The second-order valence-corrected chi connectivity index (χ2v) is 10.2. The maximum absolute atomic E-state index is 12.6. The van der Waals surface area contributed by atoms with Gasteiger partial charge in [-0.2, -0.15) is 5.10 Å². The molecule has 0 atom stereocenters. The molecule has 3 N–H and O–H groups in total. The van der Waals surface area contributed by atoms with Crippen molar-refractivity contribution in [1.82, 2.24) is 15.6 Å². The lowest BCUT2D eigenvalue weighted by Gasteiger charge is -2.21. The molecule has 0 bridgehead atoms. The largest absolute Gasteiger partial charge is 0.507 e. The number of aromatic nitrogens is 3. The molecule has 0 spiro atoms. The molecule has 7 nitrogen and oxygen atoms in total. The number of thioether (sulfide) groups is 1. The first-order chi connectivity index (χ1) is 17.6. The number of nitrogens with one attached hydrogen (secondary N) is 2. The van der Waals surface area contributed by atoms with E-state index < -0.39 is 0 Å². The molecule has 3 aromatic carbocycles. The zero-order valence-electron chi connectivity index (χ0n) is 19.7. The molecule has 9 heteroatoms. The van der Waals surface area contributed by atoms with Crippen molar-refractivity contribution in [2.75, 3.05) is 5.75 Å². The topological polar surface area (TPSA) is 94.3 Å². The van der Waals surface area contributed by atoms with Crippen molar-refractivity contribution in [2.24, 2.45) is 5.10 Å². The second-order valence-electron chi connectivity index (χ2n) is 8.82. The molecule has 0 saturated heterocycles. The second kappa shape index (κ2) is 11.1. The van der Waals surface area contributed by atoms with Crippen LogP contribution < -0.4 is 9.99 Å². The van der Waals surface area contributed by atoms with E-state index in [0.717, 1.165) is 40.2 Å². The van der Waals surface area contributed by atoms with Gasteiger partial charge in [-0.1, -0.05) is 48.4 Å². The van der Waals surface area contributed by atoms with Crippen LogP contribution >= 0.6 is 23.4 Å². The average molecular weight is 521 g/mol. The quantitative estimate of drug-likeness (QED) is 0.127. The number of amides is 1. The van der Waals surface area contributed by atoms with Crippen molar-refractivity contribution in [1.29, 1.82) is 0 Å². The Morgan fingerprint density at radius 3 is 2.72 bits per heavy atom. The number of rotatable bonds is 7. The summed E-state index contributed by atoms with van der Waals surface area (Å²) in [6.07, 6.45) is 7.27. The fourth-order valence-corrected chi connectivity index (χ4v) is 5.59. The number of halogens is 1. The number of benzene rings is 3. The van der Waals surface area contributed by atoms with Gasteiger partial charge in [-0.05, 0) is 78.5 Å². The van der Waals surface area contributed by atoms with Gasteiger partial charge < -0.3 is 5.11 Å². The summed E-state index contributed by atoms with van der Waals surface area (Å²) in [6.45, 7) is 0. The highest BCUT2D eigenvalue weighted by Crippen LogP contribution is 2.29. The molecule has 1 aliphatic rings. The maximum Gasteiger partial charge on any atom is 0.337 e. The number of hydrogen-bond acceptors (Lipinski definition) is 5. The summed E-state index contributed by atoms with van der Waals surface area (Å²) >= 11 is 7.47. The fraction of sp³-hybridized carbons (Fsp3) is 0.259. The minimum absolute atomic E-state index is 0.112. The average Bonchev–Trinajstić information content (AvgIpc) is 3.33. The molecule has 0 radical (unpaired) electrons. The van der Waals surface area contributed by atoms with E-state index in [1.165, 1.54) is 37.2 Å². The van der Waals surface area contributed by atoms with Crippen LogP contribution in [0.15, 0.2) is 70.9 Å². The van der Waals surface area contributed by atoms with Gasteiger partial charge in [0.25, 0.3) is 11.7 Å². The predicted molar refractivity (Wildman–Crippen MR) is 143 cm³/mol. The first-order valence-electron chi connectivity index (χ1n) is 12.0. The minimum Gasteiger partial charge on any atom is -0.507 e. The lowest BCUT2D eigenvalue weighted by molar-refractivity contribution is -0.749. The fourth-order valence-electron chi connectivity index (χ4n) is 4.65. The standard InChI is InChI=1S/C27H26ClN5O2S/c28-20-13-10-19(11-14-20)26-31-32-27(33(26)21-7-2-1-3-8-21)36-17-25(35)30-29-16-23-22-9-5-4-6-18(22)12-15-24(23)34/h4-6,9-16,21H,1-3,7-8,17H2,(H2,29,30,34,35)/p+1. The van der Waals surface area contributed by atoms with Crippen molar-refractivity contribution in [3.63, 3.8) is 0 Å². The number of phenols is 1. The highest BCUT2D eigenvalue weighted by atomic mass is 35.5. The maximum atomic E-state index is 12.6. The third kappa shape index (κ3) is 5.39. The number of carbonyl (C=O) groups excluding carboxylic acids is 1. The predicted octanol–water partition coefficient (Wildman–Crippen LogP) is 5.62. The number of nitrogens with zero attached hydrogens (tertiary/aromatic N) is 3. The third-order valence-electron chi connectivity index (χ3n) is 6.42. The van der Waals surface area contributed by atoms with Crippen LogP contribution in [0.1, 0.15) is 43.7 Å². The van der Waals surface area contributed by atoms with E-state index in [1.54, 1.807) is 6.07 Å². The molecule has 4 aromatic rings. The molecule has 1 fully saturated rings. The summed E-state index contributed by atoms with van der Waals surface area (Å²) in [6, 6.07) is 19.2. The van der Waals surface area contributed by atoms with Crippen molar-refractivity contribution < 1.29 is 14.5 Å². The molecule has 0 unspecified atom stereocenters. The van der Waals surface area contributed by atoms with E-state index in [-0.39, 0.29) is 17.4 Å². The van der Waals surface area contributed by atoms with Crippen LogP contribution in [0.3, 0.4) is 0 Å². The highest BCUT2D eigenvalue weighted by molar-refractivity contribution is 7.99. The van der Waals surface area contributed by atoms with E-state index in [0.29, 0.717) is 16.6 Å². The molecular weight excluding hydrogens is 494 g/mol. The zero-order chi connectivity index (χ0) is 24.9. The molecular formula is C27H27ClN5O2S+. The number of H-pyrrole nitrogens is 1. The zero-order valence-corrected chi connectivity index (χ0v) is 21.2. The van der Waals surface area contributed by atoms with Crippen LogP contribution in [-0.2, 0) is 4.79 Å². The van der Waals surface area contributed by atoms with E-state index in [9.17, 15) is 9.90 Å². The Morgan fingerprint density at radius 2 is 1.92 bits per heavy atom. The van der Waals surface area contributed by atoms with Gasteiger partial charge in [0.15, 0.2) is 0 Å². The van der Waals surface area contributed by atoms with Gasteiger partial charge in [0.1, 0.15) is 5.75 Å². The van der Waals surface area contributed by atoms with Gasteiger partial charge in [-0.3, -0.25) is 4.79 Å². The minimum atomic E-state index is -0.248. The number of hydrogen-bond donors (Lipinski definition) is 3. The van der Waals surface area contributed by atoms with E-state index in [1.807, 2.05) is 54.6 Å². The number of hydrazone groups is 1. The first-order valence-corrected chi connectivity index (χ1v) is 13.4. The summed E-state index contributed by atoms with van der Waals surface area (Å²) in [5.74, 6) is 0.949. The summed E-state index contributed by atoms with van der Waals surface area (Å²) in [5, 5.41) is 25.4. The van der Waals surface area contributed by atoms with Gasteiger partial charge in [-0.25, -0.2) is 9.99 Å². The van der Waals surface area contributed by atoms with Gasteiger partial charge in [0.05, 0.1) is 28.7 Å². The van der Waals surface area contributed by atoms with E-state index in [4.69, 9.17) is 11.6 Å². The highest BCUT2D eigenvalue weighted by Gasteiger charge is 2.30. The van der Waals surface area contributed by atoms with Gasteiger partial charge in [-0.15, -0.1) is 5.10 Å². The summed E-state index contributed by atoms with van der Waals surface area (Å²) in [7, 11) is 0. The van der Waals surface area contributed by atoms with Crippen molar-refractivity contribution in [3.05, 3.63) is 71.2 Å². The molecule has 184 valence electrons. The third-order valence-corrected chi connectivity index (χ3v) is 7.63. The Bertz CT molecular complexity index is 1400. The molecule has 1 heterocycles. The molecule has 0 aliphatic heterocycles. The van der Waals surface area contributed by atoms with Gasteiger partial charge >= 0.3 is 5.16 Å². The molecule has 5 rings (SSSR count). The van der Waals surface area contributed by atoms with E-state index >= 15 is 0 Å². The molecule has 1 aromatic heterocycles. The number of aromatic amines is 1. The van der Waals surface area contributed by atoms with Crippen molar-refractivity contribution >= 4 is 46.3 Å². The molecule has 1 saturated carbocycles. The van der Waals surface area contributed by atoms with Crippen LogP contribution in [0, 0.1) is 0 Å². The Balaban J connectivity index is 1.29. The monoisotopic (exact) mass is 520 g/mol. The van der Waals surface area contributed by atoms with Crippen LogP contribution in [-0.4, -0.2) is 33.2 Å². The molecule has 36 heavy (non-hydrogen) atoms. The number of aromatic hydroxyl groups is 1. The normalized spacial score (nSPS) is 14.5. The molecule has 1 aliphatic carbocycles. The van der Waals surface area contributed by atoms with Gasteiger partial charge in [0, 0.05) is 10.6 Å². The number of fused-ring (bicyclic) bond motifs is 1. The number of phenolic OH excluding ortho intramolecular Hbond substituents is 1. The smallest absolute Gasteiger partial charge is 0.337 e. The van der Waals surface area contributed by atoms with Crippen LogP contribution in [0.25, 0.3) is 22.2 Å². The Kier molecular flexibility index (Phi) is 7.53. The van der Waals surface area contributed by atoms with Crippen LogP contribution in [0.5, 0.6) is 5.75 Å². The van der Waals surface area contributed by atoms with Crippen LogP contribution in [0.2, 0.25) is 5.02 Å². The lowest BCUT2D eigenvalue weighted by atomic mass is 9.95. The van der Waals surface area contributed by atoms with Crippen molar-refractivity contribution in [3.8, 4) is 17.1 Å². The molecule has 1 amide bonds. The Morgan fingerprint density at radius 1 is 1.14 bits per heavy atom. The summed E-state index contributed by atoms with van der Waals surface area (Å²) in [4.78, 5) is 12.6. The first kappa shape index (κ1) is 24.3. The Hall–Kier alpha value is -3.36. The summed E-state index contributed by atoms with van der Waals surface area (Å²) < 4.78 is 2.23. The van der Waals surface area contributed by atoms with Crippen molar-refractivity contribution in [2.45, 2.75) is 43.3 Å². The lowest BCUT2D eigenvalue weighted by Crippen LogP contribution is -2.43. The Labute approximate surface area is 218 Å². The number of carbonyl (C=O) groups is 1. The van der Waals surface area contributed by atoms with Gasteiger partial charge in [0.2, 0.25) is 0 Å². The SMILES string of the molecule is O=C(CSc1n[nH]c(-c2ccc(Cl)cc2)[n+]1C1CCCCC1)NN=Cc1c(O)ccc2ccccc12. The van der Waals surface area contributed by atoms with E-state index in [2.05, 4.69) is 25.3 Å². The van der Waals surface area contributed by atoms with Crippen LogP contribution in [0.4, 0.5) is 0 Å².